The van der Waals surface area contributed by atoms with Crippen LogP contribution < -0.4 is 16.2 Å². The summed E-state index contributed by atoms with van der Waals surface area (Å²) >= 11 is 0. The Morgan fingerprint density at radius 3 is 2.84 bits per heavy atom. The van der Waals surface area contributed by atoms with Gasteiger partial charge in [0.2, 0.25) is 10.0 Å². The summed E-state index contributed by atoms with van der Waals surface area (Å²) in [5.41, 5.74) is 6.59. The summed E-state index contributed by atoms with van der Waals surface area (Å²) in [5, 5.41) is 8.25. The normalized spacial score (nSPS) is 19.5. The van der Waals surface area contributed by atoms with Gasteiger partial charge in [-0.25, -0.2) is 13.6 Å². The van der Waals surface area contributed by atoms with Crippen molar-refractivity contribution in [1.29, 1.82) is 0 Å². The minimum Gasteiger partial charge on any atom is -0.396 e. The summed E-state index contributed by atoms with van der Waals surface area (Å²) < 4.78 is 28.0. The van der Waals surface area contributed by atoms with Crippen LogP contribution in [0.25, 0.3) is 0 Å². The predicted octanol–water partition coefficient (Wildman–Crippen LogP) is 0.755. The number of anilines is 2. The Morgan fingerprint density at radius 1 is 1.42 bits per heavy atom. The third-order valence-corrected chi connectivity index (χ3v) is 4.23. The Labute approximate surface area is 113 Å². The Kier molecular flexibility index (Phi) is 4.28. The van der Waals surface area contributed by atoms with Crippen molar-refractivity contribution < 1.29 is 13.2 Å². The molecule has 0 aromatic heterocycles. The first kappa shape index (κ1) is 14.1. The Bertz CT molecular complexity index is 539. The largest absolute Gasteiger partial charge is 0.396 e. The van der Waals surface area contributed by atoms with Crippen LogP contribution in [0, 0.1) is 5.92 Å². The van der Waals surface area contributed by atoms with Crippen LogP contribution in [0.2, 0.25) is 0 Å². The Balaban J connectivity index is 2.00. The summed E-state index contributed by atoms with van der Waals surface area (Å²) in [7, 11) is -3.78. The van der Waals surface area contributed by atoms with Gasteiger partial charge in [0.1, 0.15) is 4.90 Å². The molecule has 1 atom stereocenters. The summed E-state index contributed by atoms with van der Waals surface area (Å²) in [4.78, 5) is -0.0401. The molecule has 0 saturated carbocycles. The van der Waals surface area contributed by atoms with Gasteiger partial charge in [-0.1, -0.05) is 6.07 Å². The molecule has 19 heavy (non-hydrogen) atoms. The van der Waals surface area contributed by atoms with E-state index in [-0.39, 0.29) is 10.6 Å². The lowest BCUT2D eigenvalue weighted by atomic mass is 10.1. The third kappa shape index (κ3) is 3.59. The topological polar surface area (TPSA) is 107 Å². The highest BCUT2D eigenvalue weighted by Crippen LogP contribution is 2.26. The van der Waals surface area contributed by atoms with E-state index in [9.17, 15) is 8.42 Å². The Hall–Kier alpha value is -1.31. The lowest BCUT2D eigenvalue weighted by Crippen LogP contribution is -2.16. The number of hydrogen-bond donors (Lipinski definition) is 3. The first-order valence-corrected chi connectivity index (χ1v) is 7.76. The van der Waals surface area contributed by atoms with E-state index in [2.05, 4.69) is 5.32 Å². The molecule has 1 saturated heterocycles. The Morgan fingerprint density at radius 2 is 2.21 bits per heavy atom. The maximum atomic E-state index is 11.3. The van der Waals surface area contributed by atoms with Gasteiger partial charge in [-0.15, -0.1) is 0 Å². The van der Waals surface area contributed by atoms with Crippen LogP contribution in [0.5, 0.6) is 0 Å². The van der Waals surface area contributed by atoms with Crippen molar-refractivity contribution in [1.82, 2.24) is 0 Å². The van der Waals surface area contributed by atoms with Gasteiger partial charge in [0.25, 0.3) is 0 Å². The average Bonchev–Trinajstić information content (AvgIpc) is 2.83. The maximum Gasteiger partial charge on any atom is 0.240 e. The minimum atomic E-state index is -3.78. The number of rotatable bonds is 5. The van der Waals surface area contributed by atoms with E-state index in [1.807, 2.05) is 0 Å². The highest BCUT2D eigenvalue weighted by Gasteiger charge is 2.16. The number of primary sulfonamides is 1. The number of ether oxygens (including phenoxy) is 1. The fourth-order valence-corrected chi connectivity index (χ4v) is 2.85. The second kappa shape index (κ2) is 5.77. The smallest absolute Gasteiger partial charge is 0.240 e. The molecule has 1 unspecified atom stereocenters. The second-order valence-corrected chi connectivity index (χ2v) is 6.24. The van der Waals surface area contributed by atoms with Crippen LogP contribution in [0.1, 0.15) is 12.8 Å². The second-order valence-electron chi connectivity index (χ2n) is 4.71. The van der Waals surface area contributed by atoms with Crippen LogP contribution >= 0.6 is 0 Å². The van der Waals surface area contributed by atoms with Crippen LogP contribution in [0.15, 0.2) is 23.1 Å². The SMILES string of the molecule is Nc1c(NCCC2CCOC2)cccc1S(N)(=O)=O. The van der Waals surface area contributed by atoms with Gasteiger partial charge in [0.05, 0.1) is 11.4 Å². The number of nitrogens with one attached hydrogen (secondary N) is 1. The standard InChI is InChI=1S/C12H19N3O3S/c13-12-10(2-1-3-11(12)19(14,16)17)15-6-4-9-5-7-18-8-9/h1-3,9,15H,4-8,13H2,(H2,14,16,17). The number of nitrogen functional groups attached to an aromatic ring is 1. The van der Waals surface area contributed by atoms with Crippen molar-refractivity contribution in [2.45, 2.75) is 17.7 Å². The molecule has 1 aromatic carbocycles. The molecule has 0 radical (unpaired) electrons. The number of para-hydroxylation sites is 1. The predicted molar refractivity (Wildman–Crippen MR) is 74.3 cm³/mol. The van der Waals surface area contributed by atoms with Crippen molar-refractivity contribution >= 4 is 21.4 Å². The van der Waals surface area contributed by atoms with E-state index in [0.29, 0.717) is 11.6 Å². The monoisotopic (exact) mass is 285 g/mol. The van der Waals surface area contributed by atoms with Gasteiger partial charge in [-0.3, -0.25) is 0 Å². The first-order valence-electron chi connectivity index (χ1n) is 6.21. The molecular weight excluding hydrogens is 266 g/mol. The third-order valence-electron chi connectivity index (χ3n) is 3.26. The fraction of sp³-hybridized carbons (Fsp3) is 0.500. The zero-order valence-electron chi connectivity index (χ0n) is 10.6. The van der Waals surface area contributed by atoms with Crippen molar-refractivity contribution in [3.63, 3.8) is 0 Å². The lowest BCUT2D eigenvalue weighted by molar-refractivity contribution is 0.185. The molecule has 106 valence electrons. The summed E-state index contributed by atoms with van der Waals surface area (Å²) in [6, 6.07) is 4.77. The maximum absolute atomic E-state index is 11.3. The molecule has 1 aliphatic rings. The quantitative estimate of drug-likeness (QED) is 0.692. The first-order chi connectivity index (χ1) is 8.98. The molecule has 0 spiro atoms. The fourth-order valence-electron chi connectivity index (χ4n) is 2.17. The molecule has 0 bridgehead atoms. The molecule has 0 amide bonds. The molecule has 7 heteroatoms. The van der Waals surface area contributed by atoms with Gasteiger partial charge in [0.15, 0.2) is 0 Å². The molecule has 6 nitrogen and oxygen atoms in total. The zero-order chi connectivity index (χ0) is 13.9. The van der Waals surface area contributed by atoms with Gasteiger partial charge >= 0.3 is 0 Å². The van der Waals surface area contributed by atoms with Gasteiger partial charge in [-0.05, 0) is 30.9 Å². The number of nitrogens with two attached hydrogens (primary N) is 2. The van der Waals surface area contributed by atoms with Crippen molar-refractivity contribution in [3.05, 3.63) is 18.2 Å². The van der Waals surface area contributed by atoms with Crippen LogP contribution in [-0.2, 0) is 14.8 Å². The number of sulfonamides is 1. The molecule has 1 aliphatic heterocycles. The van der Waals surface area contributed by atoms with E-state index in [1.54, 1.807) is 12.1 Å². The lowest BCUT2D eigenvalue weighted by Gasteiger charge is -2.13. The van der Waals surface area contributed by atoms with E-state index in [1.165, 1.54) is 6.07 Å². The van der Waals surface area contributed by atoms with E-state index in [4.69, 9.17) is 15.6 Å². The van der Waals surface area contributed by atoms with Crippen LogP contribution in [-0.4, -0.2) is 28.2 Å². The average molecular weight is 285 g/mol. The summed E-state index contributed by atoms with van der Waals surface area (Å²) in [5.74, 6) is 0.565. The van der Waals surface area contributed by atoms with E-state index in [0.717, 1.165) is 32.6 Å². The number of hydrogen-bond acceptors (Lipinski definition) is 5. The highest BCUT2D eigenvalue weighted by molar-refractivity contribution is 7.89. The minimum absolute atomic E-state index is 0.0401. The zero-order valence-corrected chi connectivity index (χ0v) is 11.4. The van der Waals surface area contributed by atoms with E-state index < -0.39 is 10.0 Å². The summed E-state index contributed by atoms with van der Waals surface area (Å²) in [6.45, 7) is 2.36. The van der Waals surface area contributed by atoms with Crippen LogP contribution in [0.3, 0.4) is 0 Å². The highest BCUT2D eigenvalue weighted by atomic mass is 32.2. The van der Waals surface area contributed by atoms with Crippen molar-refractivity contribution in [3.8, 4) is 0 Å². The van der Waals surface area contributed by atoms with E-state index >= 15 is 0 Å². The summed E-state index contributed by atoms with van der Waals surface area (Å²) in [6.07, 6.45) is 2.05. The van der Waals surface area contributed by atoms with Crippen LogP contribution in [0.4, 0.5) is 11.4 Å². The molecule has 2 rings (SSSR count). The molecule has 0 aliphatic carbocycles. The van der Waals surface area contributed by atoms with Crippen molar-refractivity contribution in [2.75, 3.05) is 30.8 Å². The molecular formula is C12H19N3O3S. The van der Waals surface area contributed by atoms with Gasteiger partial charge in [0, 0.05) is 19.8 Å². The molecule has 1 heterocycles. The van der Waals surface area contributed by atoms with Gasteiger partial charge < -0.3 is 15.8 Å². The molecule has 1 fully saturated rings. The van der Waals surface area contributed by atoms with Crippen molar-refractivity contribution in [2.24, 2.45) is 11.1 Å². The van der Waals surface area contributed by atoms with Gasteiger partial charge in [-0.2, -0.15) is 0 Å². The molecule has 5 N–H and O–H groups in total. The molecule has 1 aromatic rings. The number of benzene rings is 1.